The molecule has 2 aromatic carbocycles. The van der Waals surface area contributed by atoms with Crippen molar-refractivity contribution in [3.63, 3.8) is 0 Å². The first-order chi connectivity index (χ1) is 19.9. The predicted octanol–water partition coefficient (Wildman–Crippen LogP) is 7.35. The molecule has 2 aliphatic heterocycles. The van der Waals surface area contributed by atoms with Gasteiger partial charge in [0.2, 0.25) is 0 Å². The molecule has 0 atom stereocenters. The van der Waals surface area contributed by atoms with Crippen molar-refractivity contribution in [3.8, 4) is 22.3 Å². The molecule has 0 saturated heterocycles. The topological polar surface area (TPSA) is 50.0 Å². The molecule has 202 valence electrons. The maximum atomic E-state index is 11.2. The quantitative estimate of drug-likeness (QED) is 0.180. The molecule has 0 saturated carbocycles. The van der Waals surface area contributed by atoms with Gasteiger partial charge in [0, 0.05) is 48.7 Å². The Kier molecular flexibility index (Phi) is 7.61. The smallest absolute Gasteiger partial charge is 0.151 e. The number of allylic oxidation sites excluding steroid dienone is 5. The van der Waals surface area contributed by atoms with Gasteiger partial charge in [-0.3, -0.25) is 4.79 Å². The van der Waals surface area contributed by atoms with Crippen LogP contribution in [0.15, 0.2) is 144 Å². The first-order valence-electron chi connectivity index (χ1n) is 13.3. The van der Waals surface area contributed by atoms with Crippen molar-refractivity contribution in [2.24, 2.45) is 17.0 Å². The number of nitrogens with zero attached hydrogens (tertiary/aromatic N) is 4. The molecule has 5 heteroatoms. The minimum atomic E-state index is 0.429. The van der Waals surface area contributed by atoms with Gasteiger partial charge >= 0.3 is 0 Å². The number of hydrogen-bond acceptors (Lipinski definition) is 4. The molecular weight excluding hydrogens is 504 g/mol. The van der Waals surface area contributed by atoms with E-state index in [1.807, 2.05) is 41.2 Å². The van der Waals surface area contributed by atoms with E-state index in [0.29, 0.717) is 5.57 Å². The van der Waals surface area contributed by atoms with Gasteiger partial charge in [0.15, 0.2) is 6.29 Å². The molecular formula is C36H32N4O. The Bertz CT molecular complexity index is 1830. The number of fused-ring (bicyclic) bond motifs is 1. The van der Waals surface area contributed by atoms with Crippen molar-refractivity contribution in [1.29, 1.82) is 0 Å². The minimum absolute atomic E-state index is 0.429. The molecule has 0 bridgehead atoms. The fourth-order valence-electron chi connectivity index (χ4n) is 5.11. The van der Waals surface area contributed by atoms with Crippen LogP contribution < -0.4 is 5.49 Å². The van der Waals surface area contributed by atoms with E-state index < -0.39 is 0 Å². The number of carbonyl (C=O) groups excluding carboxylic acids is 1. The van der Waals surface area contributed by atoms with Crippen LogP contribution in [0.5, 0.6) is 0 Å². The van der Waals surface area contributed by atoms with E-state index >= 15 is 0 Å². The maximum absolute atomic E-state index is 11.2. The summed E-state index contributed by atoms with van der Waals surface area (Å²) in [6, 6.07) is 17.0. The Balaban J connectivity index is 1.56. The Morgan fingerprint density at radius 3 is 2.34 bits per heavy atom. The van der Waals surface area contributed by atoms with E-state index in [1.54, 1.807) is 6.08 Å². The summed E-state index contributed by atoms with van der Waals surface area (Å²) < 4.78 is 1.92. The Morgan fingerprint density at radius 2 is 1.66 bits per heavy atom. The van der Waals surface area contributed by atoms with Crippen molar-refractivity contribution < 1.29 is 4.79 Å². The molecule has 0 amide bonds. The number of aromatic nitrogens is 1. The number of aliphatic imine (C=N–C) groups is 1. The molecule has 0 radical (unpaired) electrons. The zero-order valence-electron chi connectivity index (χ0n) is 23.6. The summed E-state index contributed by atoms with van der Waals surface area (Å²) in [4.78, 5) is 22.3. The van der Waals surface area contributed by atoms with Gasteiger partial charge in [0.25, 0.3) is 0 Å². The highest BCUT2D eigenvalue weighted by atomic mass is 16.1. The van der Waals surface area contributed by atoms with E-state index in [2.05, 4.69) is 98.2 Å². The highest BCUT2D eigenvalue weighted by Crippen LogP contribution is 2.37. The highest BCUT2D eigenvalue weighted by molar-refractivity contribution is 6.06. The van der Waals surface area contributed by atoms with Gasteiger partial charge in [0.05, 0.1) is 0 Å². The zero-order valence-corrected chi connectivity index (χ0v) is 23.6. The van der Waals surface area contributed by atoms with Crippen LogP contribution in [0, 0.1) is 13.8 Å². The number of rotatable bonds is 7. The lowest BCUT2D eigenvalue weighted by Gasteiger charge is -2.29. The summed E-state index contributed by atoms with van der Waals surface area (Å²) in [5.41, 5.74) is 12.1. The van der Waals surface area contributed by atoms with Gasteiger partial charge in [0.1, 0.15) is 11.3 Å². The molecule has 0 aliphatic carbocycles. The van der Waals surface area contributed by atoms with Crippen LogP contribution in [0.25, 0.3) is 27.8 Å². The summed E-state index contributed by atoms with van der Waals surface area (Å²) in [5, 5.41) is 0. The van der Waals surface area contributed by atoms with Crippen molar-refractivity contribution >= 4 is 17.7 Å². The van der Waals surface area contributed by atoms with Crippen molar-refractivity contribution in [3.05, 3.63) is 156 Å². The second kappa shape index (κ2) is 11.4. The standard InChI is InChI=1S/C36H32N4O/c1-7-27(23-41)21-37-35-19-29(15-17-39(35)6)31-11-9-13-33(24(31)3)34-14-10-12-32(25(34)4)30-16-18-40-26(5)28(8-2)22-38-36(40)20-30/h7-23H,1-2,5H2,3-4,6H3/b27-21-,37-35-. The number of amidine groups is 1. The minimum Gasteiger partial charge on any atom is -0.336 e. The summed E-state index contributed by atoms with van der Waals surface area (Å²) in [6.07, 6.45) is 15.6. The molecule has 0 fully saturated rings. The fourth-order valence-corrected chi connectivity index (χ4v) is 5.11. The second-order valence-corrected chi connectivity index (χ2v) is 9.93. The third-order valence-electron chi connectivity index (χ3n) is 7.54. The average Bonchev–Trinajstić information content (AvgIpc) is 2.99. The van der Waals surface area contributed by atoms with Gasteiger partial charge in [-0.1, -0.05) is 68.3 Å². The molecule has 5 nitrogen and oxygen atoms in total. The lowest BCUT2D eigenvalue weighted by molar-refractivity contribution is -0.104. The summed E-state index contributed by atoms with van der Waals surface area (Å²) in [5.74, 6) is 0.836. The first kappa shape index (κ1) is 27.3. The lowest BCUT2D eigenvalue weighted by atomic mass is 9.87. The van der Waals surface area contributed by atoms with Crippen LogP contribution in [-0.4, -0.2) is 21.6 Å². The molecule has 41 heavy (non-hydrogen) atoms. The highest BCUT2D eigenvalue weighted by Gasteiger charge is 2.21. The van der Waals surface area contributed by atoms with Gasteiger partial charge in [-0.2, -0.15) is 0 Å². The van der Waals surface area contributed by atoms with Gasteiger partial charge in [-0.05, 0) is 82.6 Å². The number of benzene rings is 2. The van der Waals surface area contributed by atoms with Crippen molar-refractivity contribution in [1.82, 2.24) is 9.47 Å². The lowest BCUT2D eigenvalue weighted by Crippen LogP contribution is -2.28. The number of aldehydes is 1. The maximum Gasteiger partial charge on any atom is 0.151 e. The molecule has 0 unspecified atom stereocenters. The van der Waals surface area contributed by atoms with E-state index in [4.69, 9.17) is 0 Å². The van der Waals surface area contributed by atoms with Gasteiger partial charge in [-0.15, -0.1) is 0 Å². The van der Waals surface area contributed by atoms with Crippen molar-refractivity contribution in [2.75, 3.05) is 0 Å². The van der Waals surface area contributed by atoms with E-state index in [-0.39, 0.29) is 0 Å². The largest absolute Gasteiger partial charge is 0.336 e. The number of hydrogen-bond donors (Lipinski definition) is 0. The van der Waals surface area contributed by atoms with Crippen LogP contribution in [0.4, 0.5) is 0 Å². The van der Waals surface area contributed by atoms with Crippen LogP contribution >= 0.6 is 0 Å². The van der Waals surface area contributed by atoms with E-state index in [9.17, 15) is 4.79 Å². The SMILES string of the molecule is C=CC1=CN=C2C=C(c3cccc(-c4cccc(-c5ccn(C)/c(=N\C=C(\C=C)C=O)c5)c4C)c3C)C=CN2C1=C. The molecule has 3 heterocycles. The normalized spacial score (nSPS) is 15.1. The van der Waals surface area contributed by atoms with Crippen molar-refractivity contribution in [2.45, 2.75) is 13.8 Å². The van der Waals surface area contributed by atoms with Crippen LogP contribution in [0.3, 0.4) is 0 Å². The van der Waals surface area contributed by atoms with E-state index in [1.165, 1.54) is 34.5 Å². The van der Waals surface area contributed by atoms with E-state index in [0.717, 1.165) is 51.1 Å². The summed E-state index contributed by atoms with van der Waals surface area (Å²) in [7, 11) is 1.93. The molecule has 1 aromatic heterocycles. The fraction of sp³-hybridized carbons (Fsp3) is 0.0833. The molecule has 0 N–H and O–H groups in total. The van der Waals surface area contributed by atoms with Crippen LogP contribution in [0.1, 0.15) is 16.7 Å². The third kappa shape index (κ3) is 5.18. The Morgan fingerprint density at radius 1 is 0.976 bits per heavy atom. The summed E-state index contributed by atoms with van der Waals surface area (Å²) >= 11 is 0. The average molecular weight is 537 g/mol. The predicted molar refractivity (Wildman–Crippen MR) is 169 cm³/mol. The molecule has 3 aromatic rings. The first-order valence-corrected chi connectivity index (χ1v) is 13.3. The second-order valence-electron chi connectivity index (χ2n) is 9.93. The zero-order chi connectivity index (χ0) is 29.1. The molecule has 0 spiro atoms. The third-order valence-corrected chi connectivity index (χ3v) is 7.54. The number of carbonyl (C=O) groups is 1. The monoisotopic (exact) mass is 536 g/mol. The summed E-state index contributed by atoms with van der Waals surface area (Å²) in [6.45, 7) is 16.0. The Hall–Kier alpha value is -5.29. The van der Waals surface area contributed by atoms with Crippen LogP contribution in [-0.2, 0) is 11.8 Å². The van der Waals surface area contributed by atoms with Gasteiger partial charge in [-0.25, -0.2) is 9.98 Å². The molecule has 5 rings (SSSR count). The number of aryl methyl sites for hydroxylation is 1. The molecule has 2 aliphatic rings. The Labute approximate surface area is 241 Å². The number of pyridine rings is 1. The van der Waals surface area contributed by atoms with Crippen LogP contribution in [0.2, 0.25) is 0 Å². The van der Waals surface area contributed by atoms with Gasteiger partial charge < -0.3 is 9.47 Å².